The zero-order valence-electron chi connectivity index (χ0n) is 7.92. The van der Waals surface area contributed by atoms with Crippen LogP contribution in [0.15, 0.2) is 0 Å². The zero-order chi connectivity index (χ0) is 9.02. The molecule has 0 saturated heterocycles. The molecule has 0 aromatic heterocycles. The highest BCUT2D eigenvalue weighted by Gasteiger charge is 2.17. The second kappa shape index (κ2) is 4.50. The number of hydrogen-bond donors (Lipinski definition) is 1. The van der Waals surface area contributed by atoms with Crippen LogP contribution in [0.25, 0.3) is 0 Å². The SMILES string of the molecule is CC(C)CC(=O)[C@@H](N)C(C)C. The third-order valence-corrected chi connectivity index (χ3v) is 1.70. The molecule has 0 aliphatic carbocycles. The van der Waals surface area contributed by atoms with E-state index in [1.54, 1.807) is 0 Å². The van der Waals surface area contributed by atoms with Crippen molar-refractivity contribution in [2.45, 2.75) is 40.2 Å². The van der Waals surface area contributed by atoms with E-state index in [9.17, 15) is 4.79 Å². The summed E-state index contributed by atoms with van der Waals surface area (Å²) in [6, 6.07) is -0.266. The van der Waals surface area contributed by atoms with Crippen molar-refractivity contribution in [2.75, 3.05) is 0 Å². The number of carbonyl (C=O) groups excluding carboxylic acids is 1. The molecule has 11 heavy (non-hydrogen) atoms. The minimum absolute atomic E-state index is 0.190. The molecule has 0 amide bonds. The lowest BCUT2D eigenvalue weighted by Crippen LogP contribution is -2.36. The van der Waals surface area contributed by atoms with Gasteiger partial charge in [0.1, 0.15) is 5.78 Å². The minimum Gasteiger partial charge on any atom is -0.321 e. The molecule has 66 valence electrons. The quantitative estimate of drug-likeness (QED) is 0.673. The van der Waals surface area contributed by atoms with Crippen molar-refractivity contribution >= 4 is 5.78 Å². The molecule has 2 nitrogen and oxygen atoms in total. The van der Waals surface area contributed by atoms with Crippen LogP contribution in [0.4, 0.5) is 0 Å². The fourth-order valence-electron chi connectivity index (χ4n) is 0.910. The van der Waals surface area contributed by atoms with Gasteiger partial charge in [-0.25, -0.2) is 0 Å². The fourth-order valence-corrected chi connectivity index (χ4v) is 0.910. The van der Waals surface area contributed by atoms with Gasteiger partial charge in [0.25, 0.3) is 0 Å². The Morgan fingerprint density at radius 2 is 1.73 bits per heavy atom. The number of rotatable bonds is 4. The summed E-state index contributed by atoms with van der Waals surface area (Å²) in [6.07, 6.45) is 0.610. The summed E-state index contributed by atoms with van der Waals surface area (Å²) in [5, 5.41) is 0. The van der Waals surface area contributed by atoms with E-state index in [1.165, 1.54) is 0 Å². The standard InChI is InChI=1S/C9H19NO/c1-6(2)5-8(11)9(10)7(3)4/h6-7,9H,5,10H2,1-4H3/t9-/m0/s1. The van der Waals surface area contributed by atoms with Gasteiger partial charge >= 0.3 is 0 Å². The molecule has 0 aromatic rings. The largest absolute Gasteiger partial charge is 0.321 e. The molecular weight excluding hydrogens is 138 g/mol. The van der Waals surface area contributed by atoms with E-state index in [2.05, 4.69) is 0 Å². The van der Waals surface area contributed by atoms with Gasteiger partial charge in [-0.3, -0.25) is 4.79 Å². The van der Waals surface area contributed by atoms with Gasteiger partial charge in [0, 0.05) is 6.42 Å². The van der Waals surface area contributed by atoms with Gasteiger partial charge in [0.15, 0.2) is 0 Å². The maximum atomic E-state index is 11.3. The first-order valence-electron chi connectivity index (χ1n) is 4.23. The van der Waals surface area contributed by atoms with Crippen molar-refractivity contribution in [1.29, 1.82) is 0 Å². The van der Waals surface area contributed by atoms with E-state index in [-0.39, 0.29) is 17.7 Å². The van der Waals surface area contributed by atoms with E-state index in [0.29, 0.717) is 12.3 Å². The van der Waals surface area contributed by atoms with Gasteiger partial charge < -0.3 is 5.73 Å². The highest BCUT2D eigenvalue weighted by atomic mass is 16.1. The summed E-state index contributed by atoms with van der Waals surface area (Å²) in [4.78, 5) is 11.3. The van der Waals surface area contributed by atoms with Gasteiger partial charge in [-0.1, -0.05) is 27.7 Å². The Morgan fingerprint density at radius 1 is 1.27 bits per heavy atom. The minimum atomic E-state index is -0.266. The monoisotopic (exact) mass is 157 g/mol. The third kappa shape index (κ3) is 4.14. The number of carbonyl (C=O) groups is 1. The smallest absolute Gasteiger partial charge is 0.150 e. The fraction of sp³-hybridized carbons (Fsp3) is 0.889. The molecule has 0 spiro atoms. The van der Waals surface area contributed by atoms with Crippen LogP contribution in [-0.4, -0.2) is 11.8 Å². The van der Waals surface area contributed by atoms with Crippen LogP contribution in [0.2, 0.25) is 0 Å². The van der Waals surface area contributed by atoms with Crippen LogP contribution in [0.5, 0.6) is 0 Å². The van der Waals surface area contributed by atoms with Gasteiger partial charge in [0.05, 0.1) is 6.04 Å². The maximum absolute atomic E-state index is 11.3. The molecule has 0 rings (SSSR count). The number of Topliss-reactive ketones (excluding diaryl/α,β-unsaturated/α-hetero) is 1. The van der Waals surface area contributed by atoms with E-state index in [1.807, 2.05) is 27.7 Å². The first-order valence-corrected chi connectivity index (χ1v) is 4.23. The Hall–Kier alpha value is -0.370. The van der Waals surface area contributed by atoms with Crippen LogP contribution in [0, 0.1) is 11.8 Å². The Kier molecular flexibility index (Phi) is 4.34. The molecule has 1 atom stereocenters. The van der Waals surface area contributed by atoms with E-state index in [0.717, 1.165) is 0 Å². The zero-order valence-corrected chi connectivity index (χ0v) is 7.92. The summed E-state index contributed by atoms with van der Waals surface area (Å²) in [6.45, 7) is 8.02. The number of ketones is 1. The van der Waals surface area contributed by atoms with Crippen LogP contribution >= 0.6 is 0 Å². The van der Waals surface area contributed by atoms with Crippen LogP contribution in [0.1, 0.15) is 34.1 Å². The summed E-state index contributed by atoms with van der Waals surface area (Å²) in [7, 11) is 0. The van der Waals surface area contributed by atoms with E-state index in [4.69, 9.17) is 5.73 Å². The van der Waals surface area contributed by atoms with Crippen molar-refractivity contribution in [3.05, 3.63) is 0 Å². The summed E-state index contributed by atoms with van der Waals surface area (Å²) < 4.78 is 0. The van der Waals surface area contributed by atoms with Crippen LogP contribution in [0.3, 0.4) is 0 Å². The molecule has 0 heterocycles. The topological polar surface area (TPSA) is 43.1 Å². The molecule has 0 bridgehead atoms. The second-order valence-corrected chi connectivity index (χ2v) is 3.83. The number of hydrogen-bond acceptors (Lipinski definition) is 2. The molecule has 0 aliphatic rings. The molecule has 2 N–H and O–H groups in total. The lowest BCUT2D eigenvalue weighted by molar-refractivity contribution is -0.121. The molecular formula is C9H19NO. The highest BCUT2D eigenvalue weighted by molar-refractivity contribution is 5.84. The van der Waals surface area contributed by atoms with Crippen LogP contribution < -0.4 is 5.73 Å². The van der Waals surface area contributed by atoms with Crippen molar-refractivity contribution in [3.63, 3.8) is 0 Å². The van der Waals surface area contributed by atoms with Crippen LogP contribution in [-0.2, 0) is 4.79 Å². The highest BCUT2D eigenvalue weighted by Crippen LogP contribution is 2.07. The lowest BCUT2D eigenvalue weighted by atomic mass is 9.95. The lowest BCUT2D eigenvalue weighted by Gasteiger charge is -2.14. The molecule has 0 radical (unpaired) electrons. The average molecular weight is 157 g/mol. The van der Waals surface area contributed by atoms with Crippen molar-refractivity contribution in [3.8, 4) is 0 Å². The Bertz CT molecular complexity index is 130. The predicted octanol–water partition coefficient (Wildman–Crippen LogP) is 1.58. The van der Waals surface area contributed by atoms with E-state index < -0.39 is 0 Å². The van der Waals surface area contributed by atoms with Crippen molar-refractivity contribution in [1.82, 2.24) is 0 Å². The van der Waals surface area contributed by atoms with Gasteiger partial charge in [-0.15, -0.1) is 0 Å². The van der Waals surface area contributed by atoms with Gasteiger partial charge in [-0.2, -0.15) is 0 Å². The molecule has 0 saturated carbocycles. The third-order valence-electron chi connectivity index (χ3n) is 1.70. The molecule has 0 unspecified atom stereocenters. The Morgan fingerprint density at radius 3 is 2.00 bits per heavy atom. The second-order valence-electron chi connectivity index (χ2n) is 3.83. The Labute approximate surface area is 69.2 Å². The summed E-state index contributed by atoms with van der Waals surface area (Å²) in [5.41, 5.74) is 5.66. The van der Waals surface area contributed by atoms with Gasteiger partial charge in [-0.05, 0) is 11.8 Å². The normalized spacial score (nSPS) is 14.1. The molecule has 0 aliphatic heterocycles. The predicted molar refractivity (Wildman–Crippen MR) is 47.3 cm³/mol. The Balaban J connectivity index is 3.83. The van der Waals surface area contributed by atoms with Crippen molar-refractivity contribution in [2.24, 2.45) is 17.6 Å². The average Bonchev–Trinajstić information content (AvgIpc) is 1.84. The van der Waals surface area contributed by atoms with E-state index >= 15 is 0 Å². The first-order chi connectivity index (χ1) is 4.95. The maximum Gasteiger partial charge on any atom is 0.150 e. The molecule has 0 aromatic carbocycles. The van der Waals surface area contributed by atoms with Crippen molar-refractivity contribution < 1.29 is 4.79 Å². The first kappa shape index (κ1) is 10.6. The van der Waals surface area contributed by atoms with Gasteiger partial charge in [0.2, 0.25) is 0 Å². The summed E-state index contributed by atoms with van der Waals surface area (Å²) in [5.74, 6) is 0.878. The molecule has 2 heteroatoms. The number of nitrogens with two attached hydrogens (primary N) is 1. The summed E-state index contributed by atoms with van der Waals surface area (Å²) >= 11 is 0. The molecule has 0 fully saturated rings.